The van der Waals surface area contributed by atoms with Gasteiger partial charge in [-0.3, -0.25) is 10.7 Å². The van der Waals surface area contributed by atoms with Crippen molar-refractivity contribution >= 4 is 69.7 Å². The highest BCUT2D eigenvalue weighted by molar-refractivity contribution is 7.25. The number of rotatable bonds is 7. The molecule has 8 aromatic carbocycles. The molecule has 0 bridgehead atoms. The summed E-state index contributed by atoms with van der Waals surface area (Å²) in [6, 6.07) is 58.1. The van der Waals surface area contributed by atoms with Gasteiger partial charge in [0.05, 0.1) is 0 Å². The predicted molar refractivity (Wildman–Crippen MR) is 210 cm³/mol. The van der Waals surface area contributed by atoms with Crippen LogP contribution in [0, 0.1) is 5.41 Å². The first-order chi connectivity index (χ1) is 24.2. The van der Waals surface area contributed by atoms with E-state index in [1.165, 1.54) is 63.6 Å². The van der Waals surface area contributed by atoms with Crippen LogP contribution in [0.15, 0.2) is 164 Å². The van der Waals surface area contributed by atoms with Gasteiger partial charge < -0.3 is 5.32 Å². The second-order valence-corrected chi connectivity index (χ2v) is 13.6. The van der Waals surface area contributed by atoms with E-state index in [1.54, 1.807) is 0 Å². The molecule has 0 aliphatic rings. The Kier molecular flexibility index (Phi) is 7.38. The molecular formula is C45H33N3S. The molecule has 3 N–H and O–H groups in total. The second kappa shape index (κ2) is 12.3. The molecule has 1 heterocycles. The van der Waals surface area contributed by atoms with Crippen molar-refractivity contribution in [1.29, 1.82) is 5.41 Å². The minimum Gasteiger partial charge on any atom is -0.351 e. The monoisotopic (exact) mass is 647 g/mol. The summed E-state index contributed by atoms with van der Waals surface area (Å²) in [7, 11) is 0. The molecule has 0 fully saturated rings. The molecule has 0 amide bonds. The summed E-state index contributed by atoms with van der Waals surface area (Å²) in [5, 5.41) is 26.6. The zero-order valence-electron chi connectivity index (χ0n) is 26.8. The van der Waals surface area contributed by atoms with E-state index in [9.17, 15) is 0 Å². The molecule has 49 heavy (non-hydrogen) atoms. The molecule has 9 aromatic rings. The number of nitrogens with one attached hydrogen (secondary N) is 3. The van der Waals surface area contributed by atoms with Crippen LogP contribution in [0.3, 0.4) is 0 Å². The minimum absolute atomic E-state index is 0.319. The molecular weight excluding hydrogens is 615 g/mol. The first-order valence-electron chi connectivity index (χ1n) is 16.7. The van der Waals surface area contributed by atoms with E-state index in [0.29, 0.717) is 12.4 Å². The number of benzene rings is 8. The molecule has 1 unspecified atom stereocenters. The highest BCUT2D eigenvalue weighted by Gasteiger charge is 2.18. The first kappa shape index (κ1) is 29.3. The van der Waals surface area contributed by atoms with E-state index in [1.807, 2.05) is 41.7 Å². The van der Waals surface area contributed by atoms with Crippen molar-refractivity contribution < 1.29 is 0 Å². The quantitative estimate of drug-likeness (QED) is 0.0530. The Hall–Kier alpha value is -5.81. The summed E-state index contributed by atoms with van der Waals surface area (Å²) in [4.78, 5) is 0. The Morgan fingerprint density at radius 3 is 2.14 bits per heavy atom. The van der Waals surface area contributed by atoms with Crippen molar-refractivity contribution in [1.82, 2.24) is 10.6 Å². The van der Waals surface area contributed by atoms with E-state index in [4.69, 9.17) is 5.41 Å². The van der Waals surface area contributed by atoms with Crippen LogP contribution in [0.1, 0.15) is 22.9 Å². The largest absolute Gasteiger partial charge is 0.351 e. The molecule has 234 valence electrons. The number of hydrogen-bond acceptors (Lipinski definition) is 3. The van der Waals surface area contributed by atoms with Crippen LogP contribution in [0.5, 0.6) is 0 Å². The fourth-order valence-corrected chi connectivity index (χ4v) is 8.42. The summed E-state index contributed by atoms with van der Waals surface area (Å²) < 4.78 is 2.59. The van der Waals surface area contributed by atoms with Gasteiger partial charge in [0, 0.05) is 32.3 Å². The summed E-state index contributed by atoms with van der Waals surface area (Å²) in [6.07, 6.45) is -0.319. The van der Waals surface area contributed by atoms with Crippen molar-refractivity contribution in [2.75, 3.05) is 0 Å². The molecule has 0 radical (unpaired) electrons. The van der Waals surface area contributed by atoms with Gasteiger partial charge in [-0.1, -0.05) is 140 Å². The molecule has 0 saturated carbocycles. The summed E-state index contributed by atoms with van der Waals surface area (Å²) in [6.45, 7) is 0.616. The maximum Gasteiger partial charge on any atom is 0.126 e. The number of thiophene rings is 1. The van der Waals surface area contributed by atoms with Gasteiger partial charge in [0.1, 0.15) is 12.0 Å². The number of amidine groups is 1. The maximum absolute atomic E-state index is 9.09. The molecule has 0 spiro atoms. The topological polar surface area (TPSA) is 47.9 Å². The molecule has 4 heteroatoms. The van der Waals surface area contributed by atoms with Gasteiger partial charge >= 0.3 is 0 Å². The smallest absolute Gasteiger partial charge is 0.126 e. The van der Waals surface area contributed by atoms with Crippen LogP contribution in [-0.2, 0) is 6.54 Å². The highest BCUT2D eigenvalue weighted by atomic mass is 32.1. The Bertz CT molecular complexity index is 2670. The van der Waals surface area contributed by atoms with Gasteiger partial charge in [-0.05, 0) is 78.8 Å². The average Bonchev–Trinajstić information content (AvgIpc) is 3.55. The average molecular weight is 648 g/mol. The van der Waals surface area contributed by atoms with E-state index in [2.05, 4.69) is 144 Å². The molecule has 1 aromatic heterocycles. The predicted octanol–water partition coefficient (Wildman–Crippen LogP) is 11.6. The Morgan fingerprint density at radius 1 is 0.551 bits per heavy atom. The normalized spacial score (nSPS) is 12.2. The van der Waals surface area contributed by atoms with E-state index >= 15 is 0 Å². The fraction of sp³-hybridized carbons (Fsp3) is 0.0444. The lowest BCUT2D eigenvalue weighted by atomic mass is 9.93. The third-order valence-corrected chi connectivity index (χ3v) is 10.8. The second-order valence-electron chi connectivity index (χ2n) is 12.6. The van der Waals surface area contributed by atoms with Crippen molar-refractivity contribution in [2.24, 2.45) is 0 Å². The molecule has 0 aliphatic heterocycles. The fourth-order valence-electron chi connectivity index (χ4n) is 7.29. The lowest BCUT2D eigenvalue weighted by Gasteiger charge is -2.24. The third kappa shape index (κ3) is 5.32. The zero-order chi connectivity index (χ0) is 32.7. The zero-order valence-corrected chi connectivity index (χ0v) is 27.6. The maximum atomic E-state index is 9.09. The minimum atomic E-state index is -0.319. The van der Waals surface area contributed by atoms with Crippen molar-refractivity contribution in [3.8, 4) is 11.1 Å². The first-order valence-corrected chi connectivity index (χ1v) is 17.5. The van der Waals surface area contributed by atoms with E-state index in [0.717, 1.165) is 16.7 Å². The van der Waals surface area contributed by atoms with Crippen LogP contribution < -0.4 is 10.6 Å². The van der Waals surface area contributed by atoms with Gasteiger partial charge in [-0.25, -0.2) is 0 Å². The van der Waals surface area contributed by atoms with Crippen LogP contribution in [0.25, 0.3) is 63.6 Å². The Labute approximate surface area is 289 Å². The number of fused-ring (bicyclic) bond motifs is 7. The van der Waals surface area contributed by atoms with E-state index < -0.39 is 0 Å². The number of hydrogen-bond donors (Lipinski definition) is 3. The van der Waals surface area contributed by atoms with E-state index in [-0.39, 0.29) is 6.17 Å². The van der Waals surface area contributed by atoms with Crippen LogP contribution in [0.4, 0.5) is 0 Å². The molecule has 9 rings (SSSR count). The van der Waals surface area contributed by atoms with Gasteiger partial charge in [0.25, 0.3) is 0 Å². The molecule has 3 nitrogen and oxygen atoms in total. The standard InChI is InChI=1S/C45H33N3S/c46-44(30-13-2-1-3-14-30)48-45(33-17-10-16-31(26-33)36-21-11-23-42-43(36)38-20-8-9-22-41(38)49-42)47-28-40-35-19-7-5-15-32(35)27-39-34-18-6-4-12-29(34)24-25-37(39)40/h1-27,45,47H,28H2,(H2,46,48). The molecule has 0 saturated heterocycles. The Balaban J connectivity index is 1.15. The van der Waals surface area contributed by atoms with Gasteiger partial charge in [-0.15, -0.1) is 11.3 Å². The molecule has 1 atom stereocenters. The lowest BCUT2D eigenvalue weighted by molar-refractivity contribution is 0.506. The summed E-state index contributed by atoms with van der Waals surface area (Å²) in [5.74, 6) is 0.378. The van der Waals surface area contributed by atoms with Crippen LogP contribution in [0.2, 0.25) is 0 Å². The molecule has 0 aliphatic carbocycles. The third-order valence-electron chi connectivity index (χ3n) is 9.65. The lowest BCUT2D eigenvalue weighted by Crippen LogP contribution is -2.38. The SMILES string of the molecule is N=C(NC(NCc1c2ccccc2cc2c1ccc1ccccc12)c1cccc(-c2cccc3sc4ccccc4c23)c1)c1ccccc1. The van der Waals surface area contributed by atoms with Crippen molar-refractivity contribution in [2.45, 2.75) is 12.7 Å². The van der Waals surface area contributed by atoms with Gasteiger partial charge in [-0.2, -0.15) is 0 Å². The van der Waals surface area contributed by atoms with Crippen molar-refractivity contribution in [3.05, 3.63) is 180 Å². The van der Waals surface area contributed by atoms with Crippen LogP contribution >= 0.6 is 11.3 Å². The highest BCUT2D eigenvalue weighted by Crippen LogP contribution is 2.40. The van der Waals surface area contributed by atoms with Crippen molar-refractivity contribution in [3.63, 3.8) is 0 Å². The summed E-state index contributed by atoms with van der Waals surface area (Å²) >= 11 is 1.84. The van der Waals surface area contributed by atoms with Gasteiger partial charge in [0.2, 0.25) is 0 Å². The summed E-state index contributed by atoms with van der Waals surface area (Å²) in [5.41, 5.74) is 5.56. The van der Waals surface area contributed by atoms with Crippen LogP contribution in [-0.4, -0.2) is 5.84 Å². The Morgan fingerprint density at radius 2 is 1.27 bits per heavy atom. The van der Waals surface area contributed by atoms with Gasteiger partial charge in [0.15, 0.2) is 0 Å².